The predicted molar refractivity (Wildman–Crippen MR) is 68.4 cm³/mol. The smallest absolute Gasteiger partial charge is 0.128 e. The van der Waals surface area contributed by atoms with Gasteiger partial charge in [0, 0.05) is 23.4 Å². The zero-order chi connectivity index (χ0) is 12.4. The first-order valence-corrected chi connectivity index (χ1v) is 7.02. The quantitative estimate of drug-likeness (QED) is 0.890. The molecule has 0 aliphatic carbocycles. The van der Waals surface area contributed by atoms with E-state index in [1.165, 1.54) is 12.1 Å². The highest BCUT2D eigenvalue weighted by atomic mass is 32.2. The minimum atomic E-state index is -0.337. The Balaban J connectivity index is 2.12. The Labute approximate surface area is 105 Å². The molecule has 1 N–H and O–H groups in total. The Morgan fingerprint density at radius 2 is 2.12 bits per heavy atom. The molecule has 1 aliphatic rings. The summed E-state index contributed by atoms with van der Waals surface area (Å²) >= 11 is 1.90. The molecule has 1 nitrogen and oxygen atoms in total. The summed E-state index contributed by atoms with van der Waals surface area (Å²) in [6.07, 6.45) is 1.10. The maximum Gasteiger partial charge on any atom is 0.128 e. The molecule has 0 aromatic heterocycles. The van der Waals surface area contributed by atoms with Gasteiger partial charge in [-0.3, -0.25) is 0 Å². The van der Waals surface area contributed by atoms with E-state index in [1.54, 1.807) is 6.92 Å². The zero-order valence-corrected chi connectivity index (χ0v) is 10.9. The fraction of sp³-hybridized carbons (Fsp3) is 0.538. The van der Waals surface area contributed by atoms with E-state index in [4.69, 9.17) is 0 Å². The second-order valence-electron chi connectivity index (χ2n) is 4.57. The number of aryl methyl sites for hydroxylation is 1. The molecule has 1 aliphatic heterocycles. The van der Waals surface area contributed by atoms with Gasteiger partial charge in [0.15, 0.2) is 0 Å². The van der Waals surface area contributed by atoms with Crippen LogP contribution in [0.25, 0.3) is 0 Å². The maximum absolute atomic E-state index is 13.7. The number of benzene rings is 1. The van der Waals surface area contributed by atoms with Crippen molar-refractivity contribution in [3.63, 3.8) is 0 Å². The predicted octanol–water partition coefficient (Wildman–Crippen LogP) is 3.43. The van der Waals surface area contributed by atoms with Crippen molar-refractivity contribution in [1.82, 2.24) is 5.32 Å². The third-order valence-corrected chi connectivity index (χ3v) is 4.32. The lowest BCUT2D eigenvalue weighted by molar-refractivity contribution is 0.463. The standard InChI is InChI=1S/C13H17F2NS/c1-8-5-13(15)11(6-12(8)14)9(2)16-10-3-4-17-7-10/h5-6,9-10,16H,3-4,7H2,1-2H3. The van der Waals surface area contributed by atoms with Crippen LogP contribution in [-0.4, -0.2) is 17.5 Å². The van der Waals surface area contributed by atoms with E-state index < -0.39 is 0 Å². The number of thioether (sulfide) groups is 1. The summed E-state index contributed by atoms with van der Waals surface area (Å²) in [7, 11) is 0. The van der Waals surface area contributed by atoms with Crippen LogP contribution in [0, 0.1) is 18.6 Å². The number of hydrogen-bond donors (Lipinski definition) is 1. The molecule has 1 fully saturated rings. The van der Waals surface area contributed by atoms with Gasteiger partial charge in [-0.25, -0.2) is 8.78 Å². The molecular formula is C13H17F2NS. The third-order valence-electron chi connectivity index (χ3n) is 3.16. The molecule has 2 unspecified atom stereocenters. The van der Waals surface area contributed by atoms with Crippen molar-refractivity contribution in [3.8, 4) is 0 Å². The highest BCUT2D eigenvalue weighted by Gasteiger charge is 2.20. The first-order chi connectivity index (χ1) is 8.08. The Morgan fingerprint density at radius 1 is 1.35 bits per heavy atom. The Kier molecular flexibility index (Phi) is 4.05. The fourth-order valence-electron chi connectivity index (χ4n) is 2.10. The maximum atomic E-state index is 13.7. The van der Waals surface area contributed by atoms with Crippen LogP contribution in [-0.2, 0) is 0 Å². The van der Waals surface area contributed by atoms with Crippen molar-refractivity contribution in [3.05, 3.63) is 34.9 Å². The first kappa shape index (κ1) is 12.8. The molecule has 0 saturated carbocycles. The van der Waals surface area contributed by atoms with E-state index in [0.29, 0.717) is 17.2 Å². The third kappa shape index (κ3) is 2.99. The van der Waals surface area contributed by atoms with Crippen LogP contribution in [0.4, 0.5) is 8.78 Å². The first-order valence-electron chi connectivity index (χ1n) is 5.87. The molecule has 4 heteroatoms. The fourth-order valence-corrected chi connectivity index (χ4v) is 3.27. The van der Waals surface area contributed by atoms with Crippen molar-refractivity contribution in [2.24, 2.45) is 0 Å². The Hall–Kier alpha value is -0.610. The van der Waals surface area contributed by atoms with Crippen LogP contribution in [0.15, 0.2) is 12.1 Å². The molecule has 1 saturated heterocycles. The summed E-state index contributed by atoms with van der Waals surface area (Å²) in [5.74, 6) is 1.54. The number of halogens is 2. The van der Waals surface area contributed by atoms with Crippen LogP contribution in [0.1, 0.15) is 30.5 Å². The molecule has 2 rings (SSSR count). The van der Waals surface area contributed by atoms with Crippen LogP contribution >= 0.6 is 11.8 Å². The van der Waals surface area contributed by atoms with Gasteiger partial charge in [-0.1, -0.05) is 0 Å². The number of rotatable bonds is 3. The van der Waals surface area contributed by atoms with Gasteiger partial charge in [0.2, 0.25) is 0 Å². The van der Waals surface area contributed by atoms with Gasteiger partial charge >= 0.3 is 0 Å². The van der Waals surface area contributed by atoms with Gasteiger partial charge in [-0.15, -0.1) is 0 Å². The van der Waals surface area contributed by atoms with E-state index in [-0.39, 0.29) is 17.7 Å². The normalized spacial score (nSPS) is 21.8. The lowest BCUT2D eigenvalue weighted by Crippen LogP contribution is -2.31. The molecule has 2 atom stereocenters. The van der Waals surface area contributed by atoms with Gasteiger partial charge < -0.3 is 5.32 Å². The summed E-state index contributed by atoms with van der Waals surface area (Å²) in [6.45, 7) is 3.46. The van der Waals surface area contributed by atoms with Crippen molar-refractivity contribution in [1.29, 1.82) is 0 Å². The average molecular weight is 257 g/mol. The van der Waals surface area contributed by atoms with Crippen molar-refractivity contribution in [2.45, 2.75) is 32.4 Å². The minimum Gasteiger partial charge on any atom is -0.306 e. The molecule has 1 heterocycles. The summed E-state index contributed by atoms with van der Waals surface area (Å²) in [4.78, 5) is 0. The summed E-state index contributed by atoms with van der Waals surface area (Å²) in [5, 5.41) is 3.36. The molecule has 94 valence electrons. The van der Waals surface area contributed by atoms with Gasteiger partial charge in [0.1, 0.15) is 11.6 Å². The molecule has 0 bridgehead atoms. The molecule has 0 amide bonds. The summed E-state index contributed by atoms with van der Waals surface area (Å²) in [6, 6.07) is 2.85. The lowest BCUT2D eigenvalue weighted by atomic mass is 10.0. The SMILES string of the molecule is Cc1cc(F)c(C(C)NC2CCSC2)cc1F. The summed E-state index contributed by atoms with van der Waals surface area (Å²) in [5.41, 5.74) is 0.778. The van der Waals surface area contributed by atoms with Gasteiger partial charge in [-0.05, 0) is 43.7 Å². The molecule has 1 aromatic carbocycles. The van der Waals surface area contributed by atoms with Gasteiger partial charge in [0.05, 0.1) is 0 Å². The van der Waals surface area contributed by atoms with E-state index in [9.17, 15) is 8.78 Å². The van der Waals surface area contributed by atoms with Gasteiger partial charge in [-0.2, -0.15) is 11.8 Å². The zero-order valence-electron chi connectivity index (χ0n) is 10.1. The Morgan fingerprint density at radius 3 is 2.76 bits per heavy atom. The van der Waals surface area contributed by atoms with Crippen LogP contribution in [0.3, 0.4) is 0 Å². The van der Waals surface area contributed by atoms with Crippen molar-refractivity contribution in [2.75, 3.05) is 11.5 Å². The van der Waals surface area contributed by atoms with E-state index in [2.05, 4.69) is 5.32 Å². The van der Waals surface area contributed by atoms with Gasteiger partial charge in [0.25, 0.3) is 0 Å². The lowest BCUT2D eigenvalue weighted by Gasteiger charge is -2.20. The van der Waals surface area contributed by atoms with Crippen LogP contribution < -0.4 is 5.32 Å². The highest BCUT2D eigenvalue weighted by molar-refractivity contribution is 7.99. The number of hydrogen-bond acceptors (Lipinski definition) is 2. The van der Waals surface area contributed by atoms with E-state index in [0.717, 1.165) is 17.9 Å². The molecule has 1 aromatic rings. The van der Waals surface area contributed by atoms with Crippen LogP contribution in [0.5, 0.6) is 0 Å². The largest absolute Gasteiger partial charge is 0.306 e. The topological polar surface area (TPSA) is 12.0 Å². The summed E-state index contributed by atoms with van der Waals surface area (Å²) < 4.78 is 27.2. The van der Waals surface area contributed by atoms with E-state index >= 15 is 0 Å². The average Bonchev–Trinajstić information content (AvgIpc) is 2.76. The molecule has 0 radical (unpaired) electrons. The highest BCUT2D eigenvalue weighted by Crippen LogP contribution is 2.24. The van der Waals surface area contributed by atoms with Crippen molar-refractivity contribution < 1.29 is 8.78 Å². The monoisotopic (exact) mass is 257 g/mol. The second kappa shape index (κ2) is 5.36. The second-order valence-corrected chi connectivity index (χ2v) is 5.72. The minimum absolute atomic E-state index is 0.145. The van der Waals surface area contributed by atoms with Crippen molar-refractivity contribution >= 4 is 11.8 Å². The van der Waals surface area contributed by atoms with Crippen LogP contribution in [0.2, 0.25) is 0 Å². The Bertz CT molecular complexity index is 403. The number of nitrogens with one attached hydrogen (secondary N) is 1. The molecule has 0 spiro atoms. The van der Waals surface area contributed by atoms with E-state index in [1.807, 2.05) is 18.7 Å². The molecule has 17 heavy (non-hydrogen) atoms. The molecular weight excluding hydrogens is 240 g/mol.